The Hall–Kier alpha value is -3.93. The van der Waals surface area contributed by atoms with Crippen LogP contribution in [0.25, 0.3) is 0 Å². The van der Waals surface area contributed by atoms with Crippen LogP contribution in [0.4, 0.5) is 0 Å². The van der Waals surface area contributed by atoms with Gasteiger partial charge in [0.05, 0.1) is 5.56 Å². The highest BCUT2D eigenvalue weighted by atomic mass is 16.5. The van der Waals surface area contributed by atoms with Gasteiger partial charge in [-0.3, -0.25) is 4.79 Å². The smallest absolute Gasteiger partial charge is 0.255 e. The lowest BCUT2D eigenvalue weighted by molar-refractivity contribution is 0.0932. The van der Waals surface area contributed by atoms with Crippen LogP contribution in [0.3, 0.4) is 0 Å². The van der Waals surface area contributed by atoms with Crippen LogP contribution in [0, 0.1) is 6.92 Å². The number of hydrogen-bond donors (Lipinski definition) is 1. The summed E-state index contributed by atoms with van der Waals surface area (Å²) in [6, 6.07) is 27.4. The summed E-state index contributed by atoms with van der Waals surface area (Å²) in [4.78, 5) is 17.4. The molecule has 1 heterocycles. The van der Waals surface area contributed by atoms with E-state index in [4.69, 9.17) is 9.26 Å². The SMILES string of the molecule is Cc1nc(COc2ccccc2C(=O)N[C@H](C)C(c2ccccc2)c2ccccc2)no1. The number of amides is 1. The van der Waals surface area contributed by atoms with Gasteiger partial charge in [-0.2, -0.15) is 4.98 Å². The molecule has 162 valence electrons. The molecule has 4 rings (SSSR count). The van der Waals surface area contributed by atoms with E-state index in [2.05, 4.69) is 39.7 Å². The van der Waals surface area contributed by atoms with E-state index in [0.717, 1.165) is 11.1 Å². The van der Waals surface area contributed by atoms with Crippen molar-refractivity contribution in [3.63, 3.8) is 0 Å². The molecule has 0 aliphatic heterocycles. The van der Waals surface area contributed by atoms with E-state index >= 15 is 0 Å². The van der Waals surface area contributed by atoms with Crippen molar-refractivity contribution in [2.45, 2.75) is 32.4 Å². The van der Waals surface area contributed by atoms with Crippen LogP contribution in [-0.4, -0.2) is 22.1 Å². The maximum absolute atomic E-state index is 13.2. The molecule has 0 saturated heterocycles. The van der Waals surface area contributed by atoms with Gasteiger partial charge in [0.25, 0.3) is 5.91 Å². The van der Waals surface area contributed by atoms with E-state index in [1.807, 2.05) is 55.5 Å². The molecule has 4 aromatic rings. The van der Waals surface area contributed by atoms with Gasteiger partial charge < -0.3 is 14.6 Å². The average molecular weight is 428 g/mol. The molecule has 0 radical (unpaired) electrons. The van der Waals surface area contributed by atoms with Gasteiger partial charge in [-0.15, -0.1) is 0 Å². The number of carbonyl (C=O) groups is 1. The second kappa shape index (κ2) is 9.92. The molecule has 1 atom stereocenters. The predicted molar refractivity (Wildman–Crippen MR) is 121 cm³/mol. The lowest BCUT2D eigenvalue weighted by Crippen LogP contribution is -2.37. The van der Waals surface area contributed by atoms with Gasteiger partial charge >= 0.3 is 0 Å². The fraction of sp³-hybridized carbons (Fsp3) is 0.192. The Bertz CT molecular complexity index is 1120. The molecule has 32 heavy (non-hydrogen) atoms. The molecule has 0 bridgehead atoms. The standard InChI is InChI=1S/C26H25N3O3/c1-18(25(20-11-5-3-6-12-20)21-13-7-4-8-14-21)27-26(30)22-15-9-10-16-23(22)31-17-24-28-19(2)32-29-24/h3-16,18,25H,17H2,1-2H3,(H,27,30)/t18-/m1/s1. The lowest BCUT2D eigenvalue weighted by Gasteiger charge is -2.26. The number of rotatable bonds is 8. The molecule has 1 amide bonds. The molecule has 1 N–H and O–H groups in total. The molecule has 0 unspecified atom stereocenters. The highest BCUT2D eigenvalue weighted by Crippen LogP contribution is 2.28. The summed E-state index contributed by atoms with van der Waals surface area (Å²) in [6.45, 7) is 3.86. The van der Waals surface area contributed by atoms with Crippen LogP contribution in [0.2, 0.25) is 0 Å². The molecule has 1 aromatic heterocycles. The van der Waals surface area contributed by atoms with E-state index < -0.39 is 0 Å². The van der Waals surface area contributed by atoms with Crippen molar-refractivity contribution in [1.29, 1.82) is 0 Å². The van der Waals surface area contributed by atoms with Crippen molar-refractivity contribution in [1.82, 2.24) is 15.5 Å². The Morgan fingerprint density at radius 1 is 0.938 bits per heavy atom. The van der Waals surface area contributed by atoms with Crippen LogP contribution in [0.5, 0.6) is 5.75 Å². The first-order valence-electron chi connectivity index (χ1n) is 10.5. The zero-order valence-corrected chi connectivity index (χ0v) is 18.1. The van der Waals surface area contributed by atoms with Gasteiger partial charge in [0, 0.05) is 18.9 Å². The van der Waals surface area contributed by atoms with Crippen molar-refractivity contribution in [2.75, 3.05) is 0 Å². The second-order valence-corrected chi connectivity index (χ2v) is 7.58. The molecule has 0 aliphatic carbocycles. The number of hydrogen-bond acceptors (Lipinski definition) is 5. The number of aromatic nitrogens is 2. The van der Waals surface area contributed by atoms with Crippen molar-refractivity contribution in [2.24, 2.45) is 0 Å². The van der Waals surface area contributed by atoms with Crippen molar-refractivity contribution >= 4 is 5.91 Å². The first-order chi connectivity index (χ1) is 15.6. The van der Waals surface area contributed by atoms with Gasteiger partial charge in [-0.1, -0.05) is 78.0 Å². The number of para-hydroxylation sites is 1. The summed E-state index contributed by atoms with van der Waals surface area (Å²) in [5, 5.41) is 7.00. The fourth-order valence-electron chi connectivity index (χ4n) is 3.78. The topological polar surface area (TPSA) is 77.2 Å². The summed E-state index contributed by atoms with van der Waals surface area (Å²) in [7, 11) is 0. The lowest BCUT2D eigenvalue weighted by atomic mass is 9.85. The van der Waals surface area contributed by atoms with Gasteiger partial charge in [0.15, 0.2) is 6.61 Å². The van der Waals surface area contributed by atoms with Crippen LogP contribution in [0.1, 0.15) is 46.0 Å². The van der Waals surface area contributed by atoms with E-state index in [9.17, 15) is 4.79 Å². The largest absolute Gasteiger partial charge is 0.485 e. The monoisotopic (exact) mass is 427 g/mol. The summed E-state index contributed by atoms with van der Waals surface area (Å²) >= 11 is 0. The fourth-order valence-corrected chi connectivity index (χ4v) is 3.78. The predicted octanol–water partition coefficient (Wildman–Crippen LogP) is 4.91. The number of nitrogens with zero attached hydrogens (tertiary/aromatic N) is 2. The number of aryl methyl sites for hydroxylation is 1. The van der Waals surface area contributed by atoms with Crippen molar-refractivity contribution in [3.05, 3.63) is 113 Å². The molecule has 6 heteroatoms. The number of carbonyl (C=O) groups excluding carboxylic acids is 1. The zero-order chi connectivity index (χ0) is 22.3. The van der Waals surface area contributed by atoms with E-state index in [1.54, 1.807) is 19.1 Å². The number of ether oxygens (including phenoxy) is 1. The second-order valence-electron chi connectivity index (χ2n) is 7.58. The zero-order valence-electron chi connectivity index (χ0n) is 18.1. The molecule has 0 spiro atoms. The van der Waals surface area contributed by atoms with Crippen LogP contribution in [-0.2, 0) is 6.61 Å². The number of nitrogens with one attached hydrogen (secondary N) is 1. The van der Waals surface area contributed by atoms with Crippen LogP contribution >= 0.6 is 0 Å². The Labute approximate surface area is 187 Å². The first kappa shape index (κ1) is 21.3. The average Bonchev–Trinajstić information content (AvgIpc) is 3.24. The summed E-state index contributed by atoms with van der Waals surface area (Å²) in [5.41, 5.74) is 2.74. The van der Waals surface area contributed by atoms with E-state index in [0.29, 0.717) is 23.0 Å². The third-order valence-electron chi connectivity index (χ3n) is 5.23. The number of benzene rings is 3. The third kappa shape index (κ3) is 5.03. The molecule has 0 saturated carbocycles. The Morgan fingerprint density at radius 2 is 1.53 bits per heavy atom. The minimum absolute atomic E-state index is 0.0109. The van der Waals surface area contributed by atoms with Crippen LogP contribution < -0.4 is 10.1 Å². The highest BCUT2D eigenvalue weighted by molar-refractivity contribution is 5.97. The Kier molecular flexibility index (Phi) is 6.60. The molecule has 3 aromatic carbocycles. The Morgan fingerprint density at radius 3 is 2.12 bits per heavy atom. The summed E-state index contributed by atoms with van der Waals surface area (Å²) in [6.07, 6.45) is 0. The highest BCUT2D eigenvalue weighted by Gasteiger charge is 2.24. The normalized spacial score (nSPS) is 11.8. The summed E-state index contributed by atoms with van der Waals surface area (Å²) in [5.74, 6) is 1.18. The van der Waals surface area contributed by atoms with Crippen LogP contribution in [0.15, 0.2) is 89.5 Å². The van der Waals surface area contributed by atoms with Gasteiger partial charge in [0.2, 0.25) is 11.7 Å². The van der Waals surface area contributed by atoms with Crippen molar-refractivity contribution < 1.29 is 14.1 Å². The molecular weight excluding hydrogens is 402 g/mol. The molecular formula is C26H25N3O3. The first-order valence-corrected chi connectivity index (χ1v) is 10.5. The quantitative estimate of drug-likeness (QED) is 0.432. The minimum Gasteiger partial charge on any atom is -0.485 e. The Balaban J connectivity index is 1.53. The third-order valence-corrected chi connectivity index (χ3v) is 5.23. The van der Waals surface area contributed by atoms with E-state index in [-0.39, 0.29) is 24.5 Å². The maximum atomic E-state index is 13.2. The summed E-state index contributed by atoms with van der Waals surface area (Å²) < 4.78 is 10.8. The van der Waals surface area contributed by atoms with E-state index in [1.165, 1.54) is 0 Å². The van der Waals surface area contributed by atoms with Gasteiger partial charge in [0.1, 0.15) is 5.75 Å². The van der Waals surface area contributed by atoms with Gasteiger partial charge in [-0.25, -0.2) is 0 Å². The molecule has 0 fully saturated rings. The maximum Gasteiger partial charge on any atom is 0.255 e. The minimum atomic E-state index is -0.200. The molecule has 0 aliphatic rings. The van der Waals surface area contributed by atoms with Gasteiger partial charge in [-0.05, 0) is 30.2 Å². The van der Waals surface area contributed by atoms with Crippen molar-refractivity contribution in [3.8, 4) is 5.75 Å². The molecule has 6 nitrogen and oxygen atoms in total.